The molecule has 378 valence electrons. The number of hydrogen-bond acceptors (Lipinski definition) is 4. The van der Waals surface area contributed by atoms with Crippen molar-refractivity contribution in [3.8, 4) is 11.1 Å². The van der Waals surface area contributed by atoms with Crippen LogP contribution in [0, 0.1) is 0 Å². The van der Waals surface area contributed by atoms with Crippen LogP contribution in [-0.2, 0) is 5.41 Å². The molecule has 0 heterocycles. The zero-order chi connectivity index (χ0) is 53.1. The van der Waals surface area contributed by atoms with Gasteiger partial charge in [-0.15, -0.1) is 0 Å². The van der Waals surface area contributed by atoms with Gasteiger partial charge in [0.1, 0.15) is 0 Å². The summed E-state index contributed by atoms with van der Waals surface area (Å²) in [6.45, 7) is 0. The summed E-state index contributed by atoms with van der Waals surface area (Å²) in [4.78, 5) is 9.59. The van der Waals surface area contributed by atoms with Crippen molar-refractivity contribution in [2.75, 3.05) is 19.6 Å². The lowest BCUT2D eigenvalue weighted by Gasteiger charge is -2.38. The summed E-state index contributed by atoms with van der Waals surface area (Å²) in [6, 6.07) is 114. The monoisotopic (exact) mass is 1140 g/mol. The van der Waals surface area contributed by atoms with Gasteiger partial charge in [-0.3, -0.25) is 0 Å². The van der Waals surface area contributed by atoms with Crippen LogP contribution < -0.4 is 19.6 Å². The summed E-state index contributed by atoms with van der Waals surface area (Å²) >= 11 is 7.54. The molecular formula is C73H52Br2N4. The first-order valence-electron chi connectivity index (χ1n) is 26.5. The van der Waals surface area contributed by atoms with E-state index >= 15 is 0 Å². The van der Waals surface area contributed by atoms with Gasteiger partial charge in [0.05, 0.1) is 5.41 Å². The van der Waals surface area contributed by atoms with Crippen LogP contribution in [0.25, 0.3) is 11.1 Å². The number of anilines is 12. The maximum atomic E-state index is 3.77. The van der Waals surface area contributed by atoms with Gasteiger partial charge in [0.15, 0.2) is 0 Å². The van der Waals surface area contributed by atoms with Gasteiger partial charge in [0, 0.05) is 77.2 Å². The van der Waals surface area contributed by atoms with Crippen LogP contribution in [0.4, 0.5) is 68.2 Å². The molecule has 0 spiro atoms. The molecule has 0 unspecified atom stereocenters. The van der Waals surface area contributed by atoms with Crippen LogP contribution in [0.1, 0.15) is 22.3 Å². The van der Waals surface area contributed by atoms with E-state index in [1.54, 1.807) is 0 Å². The number of para-hydroxylation sites is 6. The lowest BCUT2D eigenvalue weighted by molar-refractivity contribution is 0.768. The van der Waals surface area contributed by atoms with Crippen molar-refractivity contribution in [2.24, 2.45) is 0 Å². The SMILES string of the molecule is Brc1ccc(N(c2ccccc2)c2cc(N(c3ccccc3)c3ccccc3)cc(C3(c4cc(N(c5ccccc5)c5ccccc5)cc(N(c5ccccc5)c5ccc(Br)cc5)c4)c4ccccc4-c4ccccc43)c2)cc1. The molecule has 0 atom stereocenters. The molecule has 79 heavy (non-hydrogen) atoms. The first kappa shape index (κ1) is 49.4. The van der Waals surface area contributed by atoms with E-state index in [0.29, 0.717) is 0 Å². The Bertz CT molecular complexity index is 3690. The fourth-order valence-electron chi connectivity index (χ4n) is 11.6. The smallest absolute Gasteiger partial charge is 0.0716 e. The van der Waals surface area contributed by atoms with Crippen LogP contribution in [-0.4, -0.2) is 0 Å². The largest absolute Gasteiger partial charge is 0.310 e. The van der Waals surface area contributed by atoms with Crippen LogP contribution in [0.3, 0.4) is 0 Å². The van der Waals surface area contributed by atoms with E-state index in [0.717, 1.165) is 88.3 Å². The van der Waals surface area contributed by atoms with E-state index in [1.165, 1.54) is 22.3 Å². The molecule has 1 aliphatic carbocycles. The summed E-state index contributed by atoms with van der Waals surface area (Å²) in [5.41, 5.74) is 18.5. The highest BCUT2D eigenvalue weighted by Crippen LogP contribution is 2.59. The minimum atomic E-state index is -0.912. The Morgan fingerprint density at radius 2 is 0.418 bits per heavy atom. The lowest BCUT2D eigenvalue weighted by atomic mass is 9.67. The van der Waals surface area contributed by atoms with Gasteiger partial charge < -0.3 is 19.6 Å². The fraction of sp³-hybridized carbons (Fsp3) is 0.0137. The second-order valence-electron chi connectivity index (χ2n) is 19.6. The van der Waals surface area contributed by atoms with E-state index < -0.39 is 5.41 Å². The van der Waals surface area contributed by atoms with E-state index in [9.17, 15) is 0 Å². The van der Waals surface area contributed by atoms with Crippen molar-refractivity contribution < 1.29 is 0 Å². The van der Waals surface area contributed by atoms with Gasteiger partial charge in [-0.2, -0.15) is 0 Å². The Morgan fingerprint density at radius 1 is 0.203 bits per heavy atom. The third kappa shape index (κ3) is 9.39. The van der Waals surface area contributed by atoms with Gasteiger partial charge in [-0.05, 0) is 191 Å². The van der Waals surface area contributed by atoms with Gasteiger partial charge in [0.2, 0.25) is 0 Å². The number of rotatable bonds is 14. The average Bonchev–Trinajstić information content (AvgIpc) is 4.08. The van der Waals surface area contributed by atoms with Gasteiger partial charge in [0.25, 0.3) is 0 Å². The number of hydrogen-bond donors (Lipinski definition) is 0. The molecule has 12 aromatic rings. The van der Waals surface area contributed by atoms with Crippen molar-refractivity contribution in [3.05, 3.63) is 347 Å². The highest BCUT2D eigenvalue weighted by Gasteiger charge is 2.47. The normalized spacial score (nSPS) is 12.0. The Morgan fingerprint density at radius 3 is 0.671 bits per heavy atom. The zero-order valence-electron chi connectivity index (χ0n) is 43.1. The fourth-order valence-corrected chi connectivity index (χ4v) is 12.1. The van der Waals surface area contributed by atoms with Crippen molar-refractivity contribution >= 4 is 100 Å². The van der Waals surface area contributed by atoms with E-state index in [1.807, 2.05) is 0 Å². The van der Waals surface area contributed by atoms with Crippen LogP contribution in [0.2, 0.25) is 0 Å². The third-order valence-corrected chi connectivity index (χ3v) is 16.0. The van der Waals surface area contributed by atoms with Gasteiger partial charge >= 0.3 is 0 Å². The predicted octanol–water partition coefficient (Wildman–Crippen LogP) is 21.5. The minimum Gasteiger partial charge on any atom is -0.310 e. The second-order valence-corrected chi connectivity index (χ2v) is 21.5. The Labute approximate surface area is 479 Å². The second kappa shape index (κ2) is 21.7. The summed E-state index contributed by atoms with van der Waals surface area (Å²) < 4.78 is 2.03. The van der Waals surface area contributed by atoms with Crippen molar-refractivity contribution in [1.29, 1.82) is 0 Å². The van der Waals surface area contributed by atoms with E-state index in [2.05, 4.69) is 367 Å². The van der Waals surface area contributed by atoms with Gasteiger partial charge in [-0.1, -0.05) is 190 Å². The lowest BCUT2D eigenvalue weighted by Crippen LogP contribution is -2.30. The number of halogens is 2. The highest BCUT2D eigenvalue weighted by molar-refractivity contribution is 9.10. The molecule has 0 saturated carbocycles. The molecule has 0 aromatic heterocycles. The quantitative estimate of drug-likeness (QED) is 0.108. The Balaban J connectivity index is 1.20. The van der Waals surface area contributed by atoms with Crippen LogP contribution >= 0.6 is 31.9 Å². The molecule has 0 aliphatic heterocycles. The van der Waals surface area contributed by atoms with E-state index in [-0.39, 0.29) is 0 Å². The average molecular weight is 1150 g/mol. The molecule has 0 bridgehead atoms. The molecule has 13 rings (SSSR count). The first-order valence-corrected chi connectivity index (χ1v) is 28.1. The molecule has 0 radical (unpaired) electrons. The molecule has 0 fully saturated rings. The number of nitrogens with zero attached hydrogens (tertiary/aromatic N) is 4. The summed E-state index contributed by atoms with van der Waals surface area (Å²) in [5, 5.41) is 0. The first-order chi connectivity index (χ1) is 39.0. The minimum absolute atomic E-state index is 0.912. The third-order valence-electron chi connectivity index (χ3n) is 14.9. The zero-order valence-corrected chi connectivity index (χ0v) is 46.2. The molecule has 1 aliphatic rings. The summed E-state index contributed by atoms with van der Waals surface area (Å²) in [6.07, 6.45) is 0. The molecular weight excluding hydrogens is 1090 g/mol. The molecule has 12 aromatic carbocycles. The molecule has 4 nitrogen and oxygen atoms in total. The molecule has 0 N–H and O–H groups in total. The highest BCUT2D eigenvalue weighted by atomic mass is 79.9. The molecule has 6 heteroatoms. The predicted molar refractivity (Wildman–Crippen MR) is 338 cm³/mol. The van der Waals surface area contributed by atoms with Gasteiger partial charge in [-0.25, -0.2) is 0 Å². The Hall–Kier alpha value is -9.20. The van der Waals surface area contributed by atoms with Crippen molar-refractivity contribution in [3.63, 3.8) is 0 Å². The standard InChI is InChI=1S/C73H52Br2N4/c74-55-39-43-63(44-40-55)78(61-31-15-5-16-32-61)67-49-53(47-65(51-67)76(57-23-7-1-8-24-57)58-25-9-2-10-26-58)73(71-37-21-19-35-69(71)70-36-20-22-38-72(70)73)54-48-66(77(59-27-11-3-12-28-59)60-29-13-4-14-30-60)52-68(50-54)79(62-33-17-6-18-34-62)64-45-41-56(75)42-46-64/h1-52H. The van der Waals surface area contributed by atoms with Crippen LogP contribution in [0.15, 0.2) is 324 Å². The Kier molecular flexibility index (Phi) is 13.5. The van der Waals surface area contributed by atoms with Crippen molar-refractivity contribution in [2.45, 2.75) is 5.41 Å². The van der Waals surface area contributed by atoms with E-state index in [4.69, 9.17) is 0 Å². The van der Waals surface area contributed by atoms with Crippen LogP contribution in [0.5, 0.6) is 0 Å². The summed E-state index contributed by atoms with van der Waals surface area (Å²) in [5.74, 6) is 0. The van der Waals surface area contributed by atoms with Crippen molar-refractivity contribution in [1.82, 2.24) is 0 Å². The molecule has 0 saturated heterocycles. The maximum absolute atomic E-state index is 3.77. The maximum Gasteiger partial charge on any atom is 0.0716 e. The molecule has 0 amide bonds. The number of benzene rings is 12. The topological polar surface area (TPSA) is 13.0 Å². The summed E-state index contributed by atoms with van der Waals surface area (Å²) in [7, 11) is 0. The number of fused-ring (bicyclic) bond motifs is 3.